The van der Waals surface area contributed by atoms with Crippen molar-refractivity contribution in [1.82, 2.24) is 49.8 Å². The number of aromatic amines is 1. The molecule has 0 radical (unpaired) electrons. The number of H-pyrrole nitrogens is 1. The minimum absolute atomic E-state index is 0.00869. The van der Waals surface area contributed by atoms with E-state index in [-0.39, 0.29) is 79.3 Å². The Morgan fingerprint density at radius 3 is 2.18 bits per heavy atom. The number of aromatic nitrogens is 2. The molecule has 20 nitrogen and oxygen atoms in total. The number of carbonyl (C=O) groups excluding carboxylic acids is 6. The molecule has 5 aliphatic rings. The van der Waals surface area contributed by atoms with Crippen LogP contribution in [0, 0.1) is 11.7 Å². The molecule has 4 aliphatic heterocycles. The van der Waals surface area contributed by atoms with Gasteiger partial charge in [-0.25, -0.2) is 14.3 Å². The molecule has 2 atom stereocenters. The molecule has 476 valence electrons. The number of amides is 6. The van der Waals surface area contributed by atoms with E-state index in [4.69, 9.17) is 14.2 Å². The Morgan fingerprint density at radius 1 is 0.742 bits per heavy atom. The van der Waals surface area contributed by atoms with Gasteiger partial charge in [0.2, 0.25) is 17.7 Å². The molecule has 0 spiro atoms. The fourth-order valence-corrected chi connectivity index (χ4v) is 13.5. The molecule has 89 heavy (non-hydrogen) atoms. The standard InChI is InChI=1S/C68H87FN10O10/c1-6-88-59-41-53(87-5)23-22-51(59)43-79(67(86)89-68(2,3)4)45-61(81)78-27-13-18-50(42-78)48-16-12-17-49(40-48)63(82)70-62(47-14-8-7-9-15-47)66(85)77-34-30-74(31-35-77)52-25-28-73(29-26-52)44-60(80)75-32-36-76(37-33-75)65(84)56-38-46(21-24-57(56)69)39-58-54-19-10-11-20-55(54)64(83)72-71-58/h10-12,16-17,19-24,38,40-41,47,50,52,62H,6-9,13-15,18,25-37,39,42-45H2,1-5H3,(H,70,82)(H,72,83)/t50?,62-/m1/s1. The Bertz CT molecular complexity index is 3400. The Labute approximate surface area is 520 Å². The minimum atomic E-state index is -0.785. The smallest absolute Gasteiger partial charge is 0.411 e. The van der Waals surface area contributed by atoms with E-state index in [2.05, 4.69) is 25.3 Å². The van der Waals surface area contributed by atoms with Crippen LogP contribution in [0.4, 0.5) is 9.18 Å². The van der Waals surface area contributed by atoms with E-state index in [0.29, 0.717) is 103 Å². The van der Waals surface area contributed by atoms with E-state index >= 15 is 4.39 Å². The molecule has 1 saturated carbocycles. The molecule has 10 rings (SSSR count). The largest absolute Gasteiger partial charge is 0.497 e. The Morgan fingerprint density at radius 2 is 1.46 bits per heavy atom. The van der Waals surface area contributed by atoms with Crippen molar-refractivity contribution in [1.29, 1.82) is 0 Å². The summed E-state index contributed by atoms with van der Waals surface area (Å²) in [5, 5.41) is 11.2. The molecule has 0 bridgehead atoms. The molecule has 4 aromatic carbocycles. The van der Waals surface area contributed by atoms with Crippen LogP contribution in [-0.4, -0.2) is 203 Å². The van der Waals surface area contributed by atoms with Crippen LogP contribution in [0.3, 0.4) is 0 Å². The van der Waals surface area contributed by atoms with Gasteiger partial charge in [-0.3, -0.25) is 43.5 Å². The number of rotatable bonds is 18. The van der Waals surface area contributed by atoms with Crippen LogP contribution < -0.4 is 20.3 Å². The molecule has 5 aromatic rings. The average Bonchev–Trinajstić information content (AvgIpc) is 1.49. The highest BCUT2D eigenvalue weighted by Crippen LogP contribution is 2.32. The Kier molecular flexibility index (Phi) is 21.0. The number of benzene rings is 4. The molecular formula is C68H87FN10O10. The number of piperidine rings is 2. The van der Waals surface area contributed by atoms with Crippen molar-refractivity contribution in [2.75, 3.05) is 105 Å². The van der Waals surface area contributed by atoms with E-state index in [0.717, 1.165) is 89.5 Å². The molecule has 6 amide bonds. The van der Waals surface area contributed by atoms with Crippen molar-refractivity contribution in [3.8, 4) is 11.5 Å². The molecule has 5 fully saturated rings. The summed E-state index contributed by atoms with van der Waals surface area (Å²) in [5.74, 6) is -0.424. The van der Waals surface area contributed by atoms with Crippen LogP contribution in [0.25, 0.3) is 10.8 Å². The highest BCUT2D eigenvalue weighted by molar-refractivity contribution is 5.98. The lowest BCUT2D eigenvalue weighted by molar-refractivity contribution is -0.137. The summed E-state index contributed by atoms with van der Waals surface area (Å²) < 4.78 is 32.3. The predicted molar refractivity (Wildman–Crippen MR) is 335 cm³/mol. The zero-order chi connectivity index (χ0) is 62.8. The second kappa shape index (κ2) is 29.2. The number of hydrogen-bond acceptors (Lipinski definition) is 13. The van der Waals surface area contributed by atoms with Gasteiger partial charge in [-0.1, -0.05) is 55.7 Å². The fourth-order valence-electron chi connectivity index (χ4n) is 13.5. The number of methoxy groups -OCH3 is 1. The SMILES string of the molecule is CCOc1cc(OC)ccc1CN(CC(=O)N1CCCC(c2cccc(C(=O)N[C@@H](C(=O)N3CCN(C4CCN(CC(=O)N5CCN(C(=O)c6cc(Cc7n[nH]c(=O)c8ccccc78)ccc6F)CC5)CC4)CC3)C3CCCCC3)c2)C1)C(=O)OC(C)(C)C. The number of nitrogens with one attached hydrogen (secondary N) is 2. The van der Waals surface area contributed by atoms with Gasteiger partial charge in [0.1, 0.15) is 35.5 Å². The molecular weight excluding hydrogens is 1140 g/mol. The molecule has 1 aromatic heterocycles. The molecule has 5 heterocycles. The summed E-state index contributed by atoms with van der Waals surface area (Å²) in [4.78, 5) is 110. The van der Waals surface area contributed by atoms with Crippen molar-refractivity contribution in [2.24, 2.45) is 5.92 Å². The lowest BCUT2D eigenvalue weighted by Gasteiger charge is -2.44. The molecule has 1 unspecified atom stereocenters. The van der Waals surface area contributed by atoms with Crippen LogP contribution in [0.15, 0.2) is 89.7 Å². The molecule has 4 saturated heterocycles. The van der Waals surface area contributed by atoms with E-state index in [9.17, 15) is 33.6 Å². The second-order valence-corrected chi connectivity index (χ2v) is 25.5. The number of hydrogen-bond donors (Lipinski definition) is 2. The van der Waals surface area contributed by atoms with Crippen LogP contribution in [0.5, 0.6) is 11.5 Å². The second-order valence-electron chi connectivity index (χ2n) is 25.5. The third-order valence-corrected chi connectivity index (χ3v) is 18.4. The van der Waals surface area contributed by atoms with E-state index in [1.165, 1.54) is 11.0 Å². The summed E-state index contributed by atoms with van der Waals surface area (Å²) in [6.07, 6.45) is 7.90. The first-order valence-corrected chi connectivity index (χ1v) is 31.9. The van der Waals surface area contributed by atoms with Gasteiger partial charge in [0.05, 0.1) is 43.4 Å². The van der Waals surface area contributed by atoms with E-state index < -0.39 is 29.5 Å². The van der Waals surface area contributed by atoms with Gasteiger partial charge in [0.15, 0.2) is 0 Å². The normalized spacial score (nSPS) is 18.7. The maximum absolute atomic E-state index is 15.2. The molecule has 2 N–H and O–H groups in total. The highest BCUT2D eigenvalue weighted by Gasteiger charge is 2.38. The summed E-state index contributed by atoms with van der Waals surface area (Å²) in [6.45, 7) is 14.2. The lowest BCUT2D eigenvalue weighted by Crippen LogP contribution is -2.59. The van der Waals surface area contributed by atoms with E-state index in [1.807, 2.05) is 48.2 Å². The minimum Gasteiger partial charge on any atom is -0.497 e. The first-order chi connectivity index (χ1) is 42.9. The third kappa shape index (κ3) is 16.1. The third-order valence-electron chi connectivity index (χ3n) is 18.4. The van der Waals surface area contributed by atoms with E-state index in [1.54, 1.807) is 85.0 Å². The molecule has 1 aliphatic carbocycles. The van der Waals surface area contributed by atoms with Gasteiger partial charge >= 0.3 is 6.09 Å². The van der Waals surface area contributed by atoms with Gasteiger partial charge in [-0.15, -0.1) is 0 Å². The summed E-state index contributed by atoms with van der Waals surface area (Å²) >= 11 is 0. The quantitative estimate of drug-likeness (QED) is 0.0873. The van der Waals surface area contributed by atoms with Gasteiger partial charge < -0.3 is 39.1 Å². The topological polar surface area (TPSA) is 211 Å². The first-order valence-electron chi connectivity index (χ1n) is 31.9. The first kappa shape index (κ1) is 64.1. The summed E-state index contributed by atoms with van der Waals surface area (Å²) in [6, 6.07) is 24.2. The van der Waals surface area contributed by atoms with Gasteiger partial charge in [-0.2, -0.15) is 5.10 Å². The van der Waals surface area contributed by atoms with Crippen molar-refractivity contribution in [3.63, 3.8) is 0 Å². The van der Waals surface area contributed by atoms with Gasteiger partial charge in [-0.05, 0) is 126 Å². The Balaban J connectivity index is 0.685. The van der Waals surface area contributed by atoms with Gasteiger partial charge in [0, 0.05) is 119 Å². The van der Waals surface area contributed by atoms with Crippen LogP contribution in [-0.2, 0) is 32.1 Å². The van der Waals surface area contributed by atoms with Crippen molar-refractivity contribution < 1.29 is 47.4 Å². The van der Waals surface area contributed by atoms with Crippen LogP contribution >= 0.6 is 0 Å². The number of likely N-dealkylation sites (tertiary alicyclic amines) is 2. The van der Waals surface area contributed by atoms with Gasteiger partial charge in [0.25, 0.3) is 17.4 Å². The highest BCUT2D eigenvalue weighted by atomic mass is 19.1. The zero-order valence-electron chi connectivity index (χ0n) is 52.3. The monoisotopic (exact) mass is 1220 g/mol. The zero-order valence-corrected chi connectivity index (χ0v) is 52.3. The molecule has 21 heteroatoms. The fraction of sp³-hybridized carbons (Fsp3) is 0.529. The number of nitrogens with zero attached hydrogens (tertiary/aromatic N) is 8. The number of ether oxygens (including phenoxy) is 3. The van der Waals surface area contributed by atoms with Crippen LogP contribution in [0.2, 0.25) is 0 Å². The number of halogens is 1. The lowest BCUT2D eigenvalue weighted by atomic mass is 9.83. The Hall–Kier alpha value is -7.91. The van der Waals surface area contributed by atoms with Crippen LogP contribution in [0.1, 0.15) is 135 Å². The maximum atomic E-state index is 15.2. The van der Waals surface area contributed by atoms with Crippen molar-refractivity contribution in [2.45, 2.75) is 122 Å². The number of carbonyl (C=O) groups is 6. The predicted octanol–water partition coefficient (Wildman–Crippen LogP) is 7.48. The number of fused-ring (bicyclic) bond motifs is 1. The average molecular weight is 1220 g/mol. The number of piperazine rings is 2. The summed E-state index contributed by atoms with van der Waals surface area (Å²) in [7, 11) is 1.57. The summed E-state index contributed by atoms with van der Waals surface area (Å²) in [5.41, 5.74) is 2.30. The maximum Gasteiger partial charge on any atom is 0.411 e. The van der Waals surface area contributed by atoms with Crippen molar-refractivity contribution >= 4 is 46.4 Å². The van der Waals surface area contributed by atoms with Crippen molar-refractivity contribution in [3.05, 3.63) is 135 Å².